The van der Waals surface area contributed by atoms with Gasteiger partial charge >= 0.3 is 6.03 Å². The summed E-state index contributed by atoms with van der Waals surface area (Å²) in [6.45, 7) is 9.75. The number of nitrogens with one attached hydrogen (secondary N) is 3. The fourth-order valence-electron chi connectivity index (χ4n) is 6.66. The standard InChI is InChI=1S/C26H40N6O4/c1-15(2)14-36-23-20(13-28-32(23)7-6-25(4,5)30-16(3)33)22(34)29-21-18-8-17-9-19(21)12-26(10-17,11-18)31-24(27)35/h6-7,13,15,17-19,21H,8-12,14H2,1-5H3,(H,29,34)(H,30,33)(H3,27,31,35)/b7-6+. The third-order valence-electron chi connectivity index (χ3n) is 7.64. The number of urea groups is 1. The van der Waals surface area contributed by atoms with Crippen molar-refractivity contribution in [3.8, 4) is 5.88 Å². The van der Waals surface area contributed by atoms with Crippen molar-refractivity contribution in [2.45, 2.75) is 83.8 Å². The largest absolute Gasteiger partial charge is 0.477 e. The van der Waals surface area contributed by atoms with E-state index in [-0.39, 0.29) is 29.3 Å². The number of carbonyl (C=O) groups is 3. The van der Waals surface area contributed by atoms with Crippen LogP contribution in [0.3, 0.4) is 0 Å². The molecule has 0 radical (unpaired) electrons. The lowest BCUT2D eigenvalue weighted by Crippen LogP contribution is -2.67. The minimum absolute atomic E-state index is 0.0485. The number of rotatable bonds is 9. The molecule has 4 fully saturated rings. The maximum Gasteiger partial charge on any atom is 0.312 e. The summed E-state index contributed by atoms with van der Waals surface area (Å²) >= 11 is 0. The zero-order valence-electron chi connectivity index (χ0n) is 22.0. The molecule has 0 aromatic carbocycles. The normalized spacial score (nSPS) is 28.9. The summed E-state index contributed by atoms with van der Waals surface area (Å²) in [7, 11) is 0. The van der Waals surface area contributed by atoms with Crippen molar-refractivity contribution in [2.75, 3.05) is 6.61 Å². The third kappa shape index (κ3) is 5.68. The van der Waals surface area contributed by atoms with Gasteiger partial charge in [-0.25, -0.2) is 9.48 Å². The molecule has 4 amide bonds. The Hall–Kier alpha value is -3.04. The fourth-order valence-corrected chi connectivity index (χ4v) is 6.66. The molecule has 10 nitrogen and oxygen atoms in total. The van der Waals surface area contributed by atoms with E-state index in [1.807, 2.05) is 33.8 Å². The van der Waals surface area contributed by atoms with Gasteiger partial charge < -0.3 is 26.4 Å². The average Bonchev–Trinajstić information content (AvgIpc) is 3.14. The molecular formula is C26H40N6O4. The van der Waals surface area contributed by atoms with Gasteiger partial charge in [0.05, 0.1) is 18.3 Å². The molecule has 10 heteroatoms. The second-order valence-corrected chi connectivity index (χ2v) is 12.0. The Morgan fingerprint density at radius 1 is 1.25 bits per heavy atom. The molecule has 1 heterocycles. The van der Waals surface area contributed by atoms with E-state index in [4.69, 9.17) is 10.5 Å². The van der Waals surface area contributed by atoms with Crippen LogP contribution in [-0.2, 0) is 4.79 Å². The summed E-state index contributed by atoms with van der Waals surface area (Å²) in [4.78, 5) is 36.6. The smallest absolute Gasteiger partial charge is 0.312 e. The highest BCUT2D eigenvalue weighted by molar-refractivity contribution is 5.96. The molecule has 4 saturated carbocycles. The molecule has 36 heavy (non-hydrogen) atoms. The van der Waals surface area contributed by atoms with Gasteiger partial charge in [-0.15, -0.1) is 0 Å². The van der Waals surface area contributed by atoms with Crippen molar-refractivity contribution in [2.24, 2.45) is 29.4 Å². The summed E-state index contributed by atoms with van der Waals surface area (Å²) in [6, 6.07) is -0.418. The number of carbonyl (C=O) groups excluding carboxylic acids is 3. The fraction of sp³-hybridized carbons (Fsp3) is 0.692. The van der Waals surface area contributed by atoms with Crippen molar-refractivity contribution in [3.05, 3.63) is 17.8 Å². The first-order valence-electron chi connectivity index (χ1n) is 12.9. The number of nitrogens with two attached hydrogens (primary N) is 1. The Morgan fingerprint density at radius 2 is 1.92 bits per heavy atom. The van der Waals surface area contributed by atoms with Gasteiger partial charge in [-0.1, -0.05) is 13.8 Å². The van der Waals surface area contributed by atoms with E-state index in [1.165, 1.54) is 13.1 Å². The molecule has 0 aliphatic heterocycles. The number of ether oxygens (including phenoxy) is 1. The number of amides is 4. The topological polar surface area (TPSA) is 140 Å². The summed E-state index contributed by atoms with van der Waals surface area (Å²) in [5.41, 5.74) is 5.04. The molecule has 198 valence electrons. The molecule has 5 N–H and O–H groups in total. The van der Waals surface area contributed by atoms with Crippen LogP contribution in [0.1, 0.15) is 77.1 Å². The Balaban J connectivity index is 1.52. The van der Waals surface area contributed by atoms with Gasteiger partial charge in [-0.05, 0) is 75.7 Å². The Morgan fingerprint density at radius 3 is 2.50 bits per heavy atom. The summed E-state index contributed by atoms with van der Waals surface area (Å²) in [6.07, 6.45) is 9.83. The zero-order valence-corrected chi connectivity index (χ0v) is 22.0. The first-order valence-corrected chi connectivity index (χ1v) is 12.9. The average molecular weight is 501 g/mol. The third-order valence-corrected chi connectivity index (χ3v) is 7.64. The van der Waals surface area contributed by atoms with E-state index in [1.54, 1.807) is 10.9 Å². The van der Waals surface area contributed by atoms with Gasteiger partial charge in [0.15, 0.2) is 0 Å². The number of primary amides is 1. The SMILES string of the molecule is CC(=O)NC(C)(C)/C=C/n1ncc(C(=O)NC2C3CC4CC2CC(NC(N)=O)(C4)C3)c1OCC(C)C. The summed E-state index contributed by atoms with van der Waals surface area (Å²) in [5, 5.41) is 13.6. The highest BCUT2D eigenvalue weighted by Crippen LogP contribution is 2.55. The predicted molar refractivity (Wildman–Crippen MR) is 136 cm³/mol. The monoisotopic (exact) mass is 500 g/mol. The predicted octanol–water partition coefficient (Wildman–Crippen LogP) is 2.65. The van der Waals surface area contributed by atoms with Crippen LogP contribution in [0.2, 0.25) is 0 Å². The highest BCUT2D eigenvalue weighted by atomic mass is 16.5. The van der Waals surface area contributed by atoms with Gasteiger partial charge in [0.1, 0.15) is 5.56 Å². The van der Waals surface area contributed by atoms with Crippen LogP contribution in [0.15, 0.2) is 12.3 Å². The Bertz CT molecular complexity index is 1030. The maximum absolute atomic E-state index is 13.5. The second-order valence-electron chi connectivity index (χ2n) is 12.0. The van der Waals surface area contributed by atoms with Crippen LogP contribution in [0.4, 0.5) is 4.79 Å². The van der Waals surface area contributed by atoms with Gasteiger partial charge in [0.25, 0.3) is 5.91 Å². The molecule has 0 saturated heterocycles. The van der Waals surface area contributed by atoms with Crippen LogP contribution < -0.4 is 26.4 Å². The van der Waals surface area contributed by atoms with E-state index in [0.717, 1.165) is 32.1 Å². The van der Waals surface area contributed by atoms with E-state index in [2.05, 4.69) is 21.0 Å². The zero-order chi connectivity index (χ0) is 26.3. The first-order chi connectivity index (χ1) is 16.9. The summed E-state index contributed by atoms with van der Waals surface area (Å²) < 4.78 is 7.59. The van der Waals surface area contributed by atoms with E-state index in [9.17, 15) is 14.4 Å². The molecule has 5 rings (SSSR count). The lowest BCUT2D eigenvalue weighted by atomic mass is 9.51. The lowest BCUT2D eigenvalue weighted by Gasteiger charge is -2.60. The first kappa shape index (κ1) is 26.0. The van der Waals surface area contributed by atoms with Crippen LogP contribution >= 0.6 is 0 Å². The van der Waals surface area contributed by atoms with Crippen molar-refractivity contribution < 1.29 is 19.1 Å². The van der Waals surface area contributed by atoms with Crippen molar-refractivity contribution >= 4 is 24.0 Å². The van der Waals surface area contributed by atoms with Crippen LogP contribution in [0, 0.1) is 23.7 Å². The maximum atomic E-state index is 13.5. The molecule has 2 unspecified atom stereocenters. The number of hydrogen-bond donors (Lipinski definition) is 4. The molecular weight excluding hydrogens is 460 g/mol. The highest BCUT2D eigenvalue weighted by Gasteiger charge is 2.56. The van der Waals surface area contributed by atoms with Crippen LogP contribution in [-0.4, -0.2) is 51.4 Å². The number of hydrogen-bond acceptors (Lipinski definition) is 5. The van der Waals surface area contributed by atoms with Crippen LogP contribution in [0.25, 0.3) is 6.20 Å². The van der Waals surface area contributed by atoms with E-state index in [0.29, 0.717) is 35.8 Å². The molecule has 0 spiro atoms. The molecule has 4 aliphatic rings. The molecule has 1 aromatic rings. The number of nitrogens with zero attached hydrogens (tertiary/aromatic N) is 2. The van der Waals surface area contributed by atoms with Crippen molar-refractivity contribution in [1.82, 2.24) is 25.7 Å². The van der Waals surface area contributed by atoms with E-state index < -0.39 is 11.6 Å². The second kappa shape index (κ2) is 9.78. The van der Waals surface area contributed by atoms with Crippen molar-refractivity contribution in [3.63, 3.8) is 0 Å². The van der Waals surface area contributed by atoms with Gasteiger partial charge in [-0.2, -0.15) is 5.10 Å². The van der Waals surface area contributed by atoms with E-state index >= 15 is 0 Å². The number of aromatic nitrogens is 2. The Labute approximate surface area is 212 Å². The quantitative estimate of drug-likeness (QED) is 0.413. The van der Waals surface area contributed by atoms with Gasteiger partial charge in [-0.3, -0.25) is 9.59 Å². The minimum atomic E-state index is -0.592. The molecule has 2 atom stereocenters. The Kier molecular flexibility index (Phi) is 7.07. The van der Waals surface area contributed by atoms with Gasteiger partial charge in [0, 0.05) is 24.7 Å². The molecule has 4 aliphatic carbocycles. The van der Waals surface area contributed by atoms with Crippen molar-refractivity contribution in [1.29, 1.82) is 0 Å². The lowest BCUT2D eigenvalue weighted by molar-refractivity contribution is -0.120. The molecule has 1 aromatic heterocycles. The molecule has 4 bridgehead atoms. The van der Waals surface area contributed by atoms with Crippen LogP contribution in [0.5, 0.6) is 5.88 Å². The minimum Gasteiger partial charge on any atom is -0.477 e. The van der Waals surface area contributed by atoms with Gasteiger partial charge in [0.2, 0.25) is 11.8 Å². The summed E-state index contributed by atoms with van der Waals surface area (Å²) in [5.74, 6) is 1.48.